The number of aromatic nitrogens is 3. The second kappa shape index (κ2) is 20.0. The lowest BCUT2D eigenvalue weighted by Crippen LogP contribution is -2.53. The topological polar surface area (TPSA) is 145 Å². The van der Waals surface area contributed by atoms with Crippen molar-refractivity contribution >= 4 is 79.9 Å². The van der Waals surface area contributed by atoms with Gasteiger partial charge >= 0.3 is 0 Å². The maximum absolute atomic E-state index is 15.5. The molecule has 3 aliphatic heterocycles. The highest BCUT2D eigenvalue weighted by Gasteiger charge is 2.33. The van der Waals surface area contributed by atoms with Gasteiger partial charge in [0.15, 0.2) is 5.82 Å². The fourth-order valence-corrected chi connectivity index (χ4v) is 11.3. The summed E-state index contributed by atoms with van der Waals surface area (Å²) in [4.78, 5) is 44.8. The fourth-order valence-electron chi connectivity index (χ4n) is 9.54. The lowest BCUT2D eigenvalue weighted by molar-refractivity contribution is -0.134. The summed E-state index contributed by atoms with van der Waals surface area (Å²) in [5, 5.41) is 9.76. The summed E-state index contributed by atoms with van der Waals surface area (Å²) >= 11 is 3.54. The molecule has 8 rings (SSSR count). The molecule has 3 aliphatic rings. The molecule has 3 saturated heterocycles. The van der Waals surface area contributed by atoms with Gasteiger partial charge in [0.2, 0.25) is 17.8 Å². The number of carbonyl (C=O) groups excluding carboxylic acids is 2. The molecule has 2 aromatic heterocycles. The zero-order chi connectivity index (χ0) is 46.9. The number of benzene rings is 3. The molecular formula is C48H56BrF3N9O4P. The molecule has 3 N–H and O–H groups in total. The zero-order valence-electron chi connectivity index (χ0n) is 37.9. The van der Waals surface area contributed by atoms with Crippen LogP contribution in [-0.2, 0) is 27.0 Å². The minimum Gasteiger partial charge on any atom is -0.492 e. The number of pyridine rings is 1. The van der Waals surface area contributed by atoms with Crippen LogP contribution in [0.1, 0.15) is 67.8 Å². The molecule has 3 aromatic carbocycles. The second-order valence-corrected chi connectivity index (χ2v) is 21.7. The first-order valence-electron chi connectivity index (χ1n) is 22.6. The van der Waals surface area contributed by atoms with Crippen LogP contribution in [0.2, 0.25) is 0 Å². The van der Waals surface area contributed by atoms with E-state index in [1.165, 1.54) is 18.2 Å². The Morgan fingerprint density at radius 3 is 2.29 bits per heavy atom. The van der Waals surface area contributed by atoms with Gasteiger partial charge in [-0.25, -0.2) is 18.2 Å². The Balaban J connectivity index is 0.891. The lowest BCUT2D eigenvalue weighted by atomic mass is 9.89. The Labute approximate surface area is 391 Å². The monoisotopic (exact) mass is 989 g/mol. The number of nitrogens with zero attached hydrogens (tertiary/aromatic N) is 6. The molecule has 0 spiro atoms. The molecule has 350 valence electrons. The van der Waals surface area contributed by atoms with E-state index in [0.29, 0.717) is 75.0 Å². The molecule has 13 nitrogen and oxygen atoms in total. The molecule has 0 saturated carbocycles. The molecule has 2 amide bonds. The third-order valence-electron chi connectivity index (χ3n) is 12.9. The van der Waals surface area contributed by atoms with Crippen molar-refractivity contribution in [3.8, 4) is 5.75 Å². The number of fused-ring (bicyclic) bond motifs is 1. The predicted molar refractivity (Wildman–Crippen MR) is 257 cm³/mol. The number of hydrogen-bond donors (Lipinski definition) is 3. The van der Waals surface area contributed by atoms with Crippen LogP contribution in [0, 0.1) is 24.4 Å². The number of ether oxygens (including phenoxy) is 1. The number of aryl methyl sites for hydroxylation is 2. The average Bonchev–Trinajstić information content (AvgIpc) is 3.28. The van der Waals surface area contributed by atoms with Gasteiger partial charge in [0.25, 0.3) is 0 Å². The summed E-state index contributed by atoms with van der Waals surface area (Å²) in [5.74, 6) is -2.78. The summed E-state index contributed by atoms with van der Waals surface area (Å²) in [7, 11) is -2.93. The van der Waals surface area contributed by atoms with Gasteiger partial charge < -0.3 is 29.7 Å². The van der Waals surface area contributed by atoms with Crippen LogP contribution in [-0.4, -0.2) is 108 Å². The lowest BCUT2D eigenvalue weighted by Gasteiger charge is -2.43. The van der Waals surface area contributed by atoms with E-state index < -0.39 is 42.3 Å². The Morgan fingerprint density at radius 2 is 1.62 bits per heavy atom. The number of amides is 2. The highest BCUT2D eigenvalue weighted by molar-refractivity contribution is 9.10. The van der Waals surface area contributed by atoms with Crippen molar-refractivity contribution in [3.05, 3.63) is 93.0 Å². The van der Waals surface area contributed by atoms with Crippen LogP contribution >= 0.6 is 23.1 Å². The van der Waals surface area contributed by atoms with Crippen LogP contribution in [0.15, 0.2) is 53.1 Å². The van der Waals surface area contributed by atoms with E-state index in [9.17, 15) is 14.2 Å². The molecule has 18 heteroatoms. The first kappa shape index (κ1) is 47.4. The quantitative estimate of drug-likeness (QED) is 0.0725. The molecular weight excluding hydrogens is 934 g/mol. The first-order chi connectivity index (χ1) is 31.6. The fraction of sp³-hybridized carbons (Fsp3) is 0.438. The highest BCUT2D eigenvalue weighted by Crippen LogP contribution is 2.43. The molecule has 5 heterocycles. The van der Waals surface area contributed by atoms with Gasteiger partial charge in [0.1, 0.15) is 35.9 Å². The summed E-state index contributed by atoms with van der Waals surface area (Å²) in [6.07, 6.45) is 5.06. The van der Waals surface area contributed by atoms with E-state index in [1.54, 1.807) is 38.6 Å². The number of piperidine rings is 2. The molecule has 1 unspecified atom stereocenters. The van der Waals surface area contributed by atoms with E-state index in [1.807, 2.05) is 6.92 Å². The molecule has 0 bridgehead atoms. The number of hydrogen-bond acceptors (Lipinski definition) is 12. The standard InChI is InChI=1S/C48H56BrF3N9O4P/c1-6-30-24-38(56-48-53-27-34(49)46(58-48)55-39-25-37(52)44-33(9-8-28(3)54-44)45(39)66(4,5)64)41(65-7-2)26-40(30)61-16-13-31(14-17-61)60-20-18-59(19-21-60)15-12-29-22-35(50)43(36(51)23-29)32-10-11-42(62)57-47(32)63/h8-9,22-27,31-32H,6-7,10-21H2,1-5H3,(H,57,62,63)(H2,53,55,56,58). The summed E-state index contributed by atoms with van der Waals surface area (Å²) in [5.41, 5.74) is 4.45. The van der Waals surface area contributed by atoms with E-state index in [4.69, 9.17) is 9.72 Å². The molecule has 0 aliphatic carbocycles. The molecule has 0 radical (unpaired) electrons. The Bertz CT molecular complexity index is 2680. The minimum atomic E-state index is -2.93. The van der Waals surface area contributed by atoms with Crippen molar-refractivity contribution in [2.45, 2.75) is 71.3 Å². The predicted octanol–water partition coefficient (Wildman–Crippen LogP) is 8.56. The largest absolute Gasteiger partial charge is 0.492 e. The van der Waals surface area contributed by atoms with E-state index in [-0.39, 0.29) is 29.9 Å². The number of halogens is 4. The summed E-state index contributed by atoms with van der Waals surface area (Å²) in [6.45, 7) is 15.6. The van der Waals surface area contributed by atoms with Crippen molar-refractivity contribution < 1.29 is 32.1 Å². The molecule has 66 heavy (non-hydrogen) atoms. The SMILES string of the molecule is CCOc1cc(N2CCC(N3CCN(CCc4cc(F)c(C5CCC(=O)NC5=O)c(F)c4)CC3)CC2)c(CC)cc1Nc1ncc(Br)c(Nc2cc(F)c3nc(C)ccc3c2P(C)(C)=O)n1. The number of nitrogens with one attached hydrogen (secondary N) is 3. The van der Waals surface area contributed by atoms with Gasteiger partial charge in [0.05, 0.1) is 28.4 Å². The van der Waals surface area contributed by atoms with Gasteiger partial charge in [-0.05, 0) is 111 Å². The van der Waals surface area contributed by atoms with Crippen LogP contribution in [0.5, 0.6) is 5.75 Å². The Morgan fingerprint density at radius 1 is 0.894 bits per heavy atom. The van der Waals surface area contributed by atoms with Crippen molar-refractivity contribution in [1.82, 2.24) is 30.1 Å². The number of rotatable bonds is 14. The van der Waals surface area contributed by atoms with Crippen LogP contribution in [0.4, 0.5) is 42.0 Å². The van der Waals surface area contributed by atoms with Crippen molar-refractivity contribution in [3.63, 3.8) is 0 Å². The normalized spacial score (nSPS) is 17.9. The van der Waals surface area contributed by atoms with Crippen LogP contribution in [0.25, 0.3) is 10.9 Å². The van der Waals surface area contributed by atoms with Gasteiger partial charge in [0, 0.05) is 104 Å². The minimum absolute atomic E-state index is 0.0577. The van der Waals surface area contributed by atoms with Crippen molar-refractivity contribution in [2.75, 3.05) is 81.3 Å². The van der Waals surface area contributed by atoms with Gasteiger partial charge in [-0.2, -0.15) is 4.98 Å². The zero-order valence-corrected chi connectivity index (χ0v) is 40.4. The number of imide groups is 1. The van der Waals surface area contributed by atoms with E-state index in [2.05, 4.69) is 75.6 Å². The Kier molecular flexibility index (Phi) is 14.4. The van der Waals surface area contributed by atoms with Crippen LogP contribution in [0.3, 0.4) is 0 Å². The van der Waals surface area contributed by atoms with Gasteiger partial charge in [-0.15, -0.1) is 0 Å². The molecule has 1 atom stereocenters. The summed E-state index contributed by atoms with van der Waals surface area (Å²) in [6, 6.07) is 12.2. The van der Waals surface area contributed by atoms with E-state index >= 15 is 13.2 Å². The van der Waals surface area contributed by atoms with Gasteiger partial charge in [-0.1, -0.05) is 13.0 Å². The van der Waals surface area contributed by atoms with Crippen LogP contribution < -0.4 is 30.9 Å². The molecule has 5 aromatic rings. The highest BCUT2D eigenvalue weighted by atomic mass is 79.9. The van der Waals surface area contributed by atoms with Gasteiger partial charge in [-0.3, -0.25) is 24.8 Å². The number of carbonyl (C=O) groups is 2. The third kappa shape index (κ3) is 10.4. The van der Waals surface area contributed by atoms with Crippen molar-refractivity contribution in [2.24, 2.45) is 0 Å². The maximum atomic E-state index is 15.5. The third-order valence-corrected chi connectivity index (χ3v) is 15.0. The molecule has 3 fully saturated rings. The number of anilines is 5. The number of piperazine rings is 1. The van der Waals surface area contributed by atoms with Crippen molar-refractivity contribution in [1.29, 1.82) is 0 Å². The summed E-state index contributed by atoms with van der Waals surface area (Å²) < 4.78 is 66.1. The first-order valence-corrected chi connectivity index (χ1v) is 26.0. The van der Waals surface area contributed by atoms with E-state index in [0.717, 1.165) is 69.8 Å². The Hall–Kier alpha value is -5.09. The average molecular weight is 991 g/mol. The second-order valence-electron chi connectivity index (χ2n) is 17.7. The smallest absolute Gasteiger partial charge is 0.234 e. The maximum Gasteiger partial charge on any atom is 0.234 e.